The van der Waals surface area contributed by atoms with Gasteiger partial charge in [-0.3, -0.25) is 0 Å². The van der Waals surface area contributed by atoms with E-state index in [2.05, 4.69) is 15.6 Å². The zero-order valence-electron chi connectivity index (χ0n) is 11.4. The molecular formula is C14H16ClN3OS. The number of hydrogen-bond donors (Lipinski definition) is 2. The van der Waals surface area contributed by atoms with Gasteiger partial charge in [0, 0.05) is 16.4 Å². The Kier molecular flexibility index (Phi) is 4.98. The standard InChI is InChI=1S/C14H16ClN3OS/c1-9-13(20-10(2)18-9)8-17-14(19)16-7-11-4-3-5-12(15)6-11/h3-6H,7-8H2,1-2H3,(H2,16,17,19). The molecule has 0 saturated heterocycles. The Hall–Kier alpha value is -1.59. The molecule has 6 heteroatoms. The van der Waals surface area contributed by atoms with Crippen LogP contribution in [0.2, 0.25) is 5.02 Å². The predicted molar refractivity (Wildman–Crippen MR) is 82.1 cm³/mol. The Labute approximate surface area is 127 Å². The molecule has 0 fully saturated rings. The first-order valence-electron chi connectivity index (χ1n) is 6.23. The second-order valence-corrected chi connectivity index (χ2v) is 6.13. The number of nitrogens with one attached hydrogen (secondary N) is 2. The minimum Gasteiger partial charge on any atom is -0.334 e. The highest BCUT2D eigenvalue weighted by Crippen LogP contribution is 2.16. The Morgan fingerprint density at radius 2 is 2.05 bits per heavy atom. The minimum absolute atomic E-state index is 0.199. The van der Waals surface area contributed by atoms with Crippen molar-refractivity contribution in [2.45, 2.75) is 26.9 Å². The Bertz CT molecular complexity index is 612. The predicted octanol–water partition coefficient (Wildman–Crippen LogP) is 3.41. The average Bonchev–Trinajstić information content (AvgIpc) is 2.72. The van der Waals surface area contributed by atoms with Crippen LogP contribution < -0.4 is 10.6 Å². The van der Waals surface area contributed by atoms with Crippen LogP contribution in [0.1, 0.15) is 21.1 Å². The quantitative estimate of drug-likeness (QED) is 0.909. The zero-order valence-corrected chi connectivity index (χ0v) is 12.9. The van der Waals surface area contributed by atoms with Crippen LogP contribution >= 0.6 is 22.9 Å². The van der Waals surface area contributed by atoms with Crippen molar-refractivity contribution in [3.63, 3.8) is 0 Å². The molecular weight excluding hydrogens is 294 g/mol. The van der Waals surface area contributed by atoms with Gasteiger partial charge in [-0.25, -0.2) is 9.78 Å². The first-order valence-corrected chi connectivity index (χ1v) is 7.43. The van der Waals surface area contributed by atoms with Crippen LogP contribution in [0.25, 0.3) is 0 Å². The lowest BCUT2D eigenvalue weighted by Crippen LogP contribution is -2.34. The van der Waals surface area contributed by atoms with Gasteiger partial charge >= 0.3 is 6.03 Å². The molecule has 1 heterocycles. The van der Waals surface area contributed by atoms with Gasteiger partial charge in [0.05, 0.1) is 17.2 Å². The largest absolute Gasteiger partial charge is 0.334 e. The summed E-state index contributed by atoms with van der Waals surface area (Å²) in [7, 11) is 0. The van der Waals surface area contributed by atoms with Gasteiger partial charge in [0.2, 0.25) is 0 Å². The molecule has 20 heavy (non-hydrogen) atoms. The van der Waals surface area contributed by atoms with Gasteiger partial charge in [-0.2, -0.15) is 0 Å². The summed E-state index contributed by atoms with van der Waals surface area (Å²) in [6, 6.07) is 7.22. The molecule has 2 rings (SSSR count). The van der Waals surface area contributed by atoms with Crippen LogP contribution in [0.5, 0.6) is 0 Å². The molecule has 0 aliphatic heterocycles. The van der Waals surface area contributed by atoms with E-state index in [0.29, 0.717) is 18.1 Å². The van der Waals surface area contributed by atoms with E-state index >= 15 is 0 Å². The summed E-state index contributed by atoms with van der Waals surface area (Å²) in [5.74, 6) is 0. The van der Waals surface area contributed by atoms with E-state index in [4.69, 9.17) is 11.6 Å². The molecule has 0 atom stereocenters. The highest BCUT2D eigenvalue weighted by molar-refractivity contribution is 7.11. The molecule has 106 valence electrons. The number of carbonyl (C=O) groups excluding carboxylic acids is 1. The highest BCUT2D eigenvalue weighted by Gasteiger charge is 2.06. The number of aromatic nitrogens is 1. The normalized spacial score (nSPS) is 10.3. The van der Waals surface area contributed by atoms with Crippen molar-refractivity contribution in [3.8, 4) is 0 Å². The van der Waals surface area contributed by atoms with Gasteiger partial charge in [0.25, 0.3) is 0 Å². The molecule has 0 radical (unpaired) electrons. The maximum Gasteiger partial charge on any atom is 0.315 e. The van der Waals surface area contributed by atoms with E-state index in [1.165, 1.54) is 0 Å². The third-order valence-corrected chi connectivity index (χ3v) is 4.06. The highest BCUT2D eigenvalue weighted by atomic mass is 35.5. The van der Waals surface area contributed by atoms with Gasteiger partial charge in [0.15, 0.2) is 0 Å². The number of halogens is 1. The van der Waals surface area contributed by atoms with E-state index in [9.17, 15) is 4.79 Å². The number of hydrogen-bond acceptors (Lipinski definition) is 3. The molecule has 2 N–H and O–H groups in total. The summed E-state index contributed by atoms with van der Waals surface area (Å²) < 4.78 is 0. The summed E-state index contributed by atoms with van der Waals surface area (Å²) in [5.41, 5.74) is 1.94. The molecule has 0 spiro atoms. The lowest BCUT2D eigenvalue weighted by molar-refractivity contribution is 0.240. The summed E-state index contributed by atoms with van der Waals surface area (Å²) in [6.07, 6.45) is 0. The van der Waals surface area contributed by atoms with Crippen molar-refractivity contribution in [1.82, 2.24) is 15.6 Å². The molecule has 1 aromatic heterocycles. The van der Waals surface area contributed by atoms with Crippen molar-refractivity contribution in [3.05, 3.63) is 50.4 Å². The second-order valence-electron chi connectivity index (χ2n) is 4.41. The fourth-order valence-corrected chi connectivity index (χ4v) is 2.88. The topological polar surface area (TPSA) is 54.0 Å². The van der Waals surface area contributed by atoms with Crippen LogP contribution in [0, 0.1) is 13.8 Å². The summed E-state index contributed by atoms with van der Waals surface area (Å²) >= 11 is 7.49. The molecule has 2 amide bonds. The minimum atomic E-state index is -0.199. The number of aryl methyl sites for hydroxylation is 2. The SMILES string of the molecule is Cc1nc(C)c(CNC(=O)NCc2cccc(Cl)c2)s1. The number of amides is 2. The lowest BCUT2D eigenvalue weighted by atomic mass is 10.2. The molecule has 0 aliphatic carbocycles. The summed E-state index contributed by atoms with van der Waals surface area (Å²) in [5, 5.41) is 7.30. The Morgan fingerprint density at radius 1 is 1.30 bits per heavy atom. The van der Waals surface area contributed by atoms with Gasteiger partial charge in [-0.1, -0.05) is 23.7 Å². The molecule has 0 unspecified atom stereocenters. The summed E-state index contributed by atoms with van der Waals surface area (Å²) in [6.45, 7) is 4.86. The first kappa shape index (κ1) is 14.8. The monoisotopic (exact) mass is 309 g/mol. The van der Waals surface area contributed by atoms with E-state index in [-0.39, 0.29) is 6.03 Å². The first-order chi connectivity index (χ1) is 9.54. The molecule has 1 aromatic carbocycles. The number of thiazole rings is 1. The zero-order chi connectivity index (χ0) is 14.5. The second kappa shape index (κ2) is 6.72. The van der Waals surface area contributed by atoms with Crippen molar-refractivity contribution in [1.29, 1.82) is 0 Å². The Morgan fingerprint density at radius 3 is 2.70 bits per heavy atom. The number of urea groups is 1. The van der Waals surface area contributed by atoms with Gasteiger partial charge in [-0.15, -0.1) is 11.3 Å². The molecule has 0 bridgehead atoms. The summed E-state index contributed by atoms with van der Waals surface area (Å²) in [4.78, 5) is 17.1. The third kappa shape index (κ3) is 4.21. The van der Waals surface area contributed by atoms with E-state index < -0.39 is 0 Å². The fraction of sp³-hybridized carbons (Fsp3) is 0.286. The lowest BCUT2D eigenvalue weighted by Gasteiger charge is -2.07. The van der Waals surface area contributed by atoms with Crippen molar-refractivity contribution in [2.24, 2.45) is 0 Å². The van der Waals surface area contributed by atoms with Crippen LogP contribution in [0.15, 0.2) is 24.3 Å². The van der Waals surface area contributed by atoms with E-state index in [1.54, 1.807) is 17.4 Å². The fourth-order valence-electron chi connectivity index (χ4n) is 1.79. The van der Waals surface area contributed by atoms with Crippen LogP contribution in [0.4, 0.5) is 4.79 Å². The van der Waals surface area contributed by atoms with Gasteiger partial charge < -0.3 is 10.6 Å². The average molecular weight is 310 g/mol. The van der Waals surface area contributed by atoms with Crippen LogP contribution in [-0.4, -0.2) is 11.0 Å². The van der Waals surface area contributed by atoms with Crippen molar-refractivity contribution >= 4 is 29.0 Å². The molecule has 0 saturated carbocycles. The van der Waals surface area contributed by atoms with E-state index in [0.717, 1.165) is 21.1 Å². The van der Waals surface area contributed by atoms with Crippen molar-refractivity contribution in [2.75, 3.05) is 0 Å². The maximum absolute atomic E-state index is 11.7. The number of nitrogens with zero attached hydrogens (tertiary/aromatic N) is 1. The Balaban J connectivity index is 1.80. The van der Waals surface area contributed by atoms with Gasteiger partial charge in [0.1, 0.15) is 0 Å². The molecule has 0 aliphatic rings. The third-order valence-electron chi connectivity index (χ3n) is 2.75. The maximum atomic E-state index is 11.7. The van der Waals surface area contributed by atoms with Crippen LogP contribution in [-0.2, 0) is 13.1 Å². The van der Waals surface area contributed by atoms with Gasteiger partial charge in [-0.05, 0) is 31.5 Å². The van der Waals surface area contributed by atoms with E-state index in [1.807, 2.05) is 32.0 Å². The molecule has 4 nitrogen and oxygen atoms in total. The number of benzene rings is 1. The molecule has 2 aromatic rings. The van der Waals surface area contributed by atoms with Crippen LogP contribution in [0.3, 0.4) is 0 Å². The number of rotatable bonds is 4. The number of carbonyl (C=O) groups is 1. The van der Waals surface area contributed by atoms with Crippen molar-refractivity contribution < 1.29 is 4.79 Å². The smallest absolute Gasteiger partial charge is 0.315 e.